The van der Waals surface area contributed by atoms with Gasteiger partial charge in [-0.15, -0.1) is 0 Å². The van der Waals surface area contributed by atoms with Gasteiger partial charge in [-0.05, 0) is 24.1 Å². The van der Waals surface area contributed by atoms with Crippen molar-refractivity contribution < 1.29 is 17.9 Å². The summed E-state index contributed by atoms with van der Waals surface area (Å²) in [6.07, 6.45) is 0. The van der Waals surface area contributed by atoms with E-state index < -0.39 is 16.2 Å². The van der Waals surface area contributed by atoms with Gasteiger partial charge in [0.15, 0.2) is 0 Å². The lowest BCUT2D eigenvalue weighted by atomic mass is 10.2. The highest BCUT2D eigenvalue weighted by molar-refractivity contribution is 7.90. The van der Waals surface area contributed by atoms with Crippen LogP contribution in [-0.4, -0.2) is 28.0 Å². The number of anilines is 1. The Morgan fingerprint density at radius 3 is 2.63 bits per heavy atom. The first-order valence-electron chi connectivity index (χ1n) is 5.80. The van der Waals surface area contributed by atoms with Crippen molar-refractivity contribution in [1.29, 1.82) is 0 Å². The molecule has 0 unspecified atom stereocenters. The summed E-state index contributed by atoms with van der Waals surface area (Å²) in [4.78, 5) is 11.3. The molecule has 0 fully saturated rings. The van der Waals surface area contributed by atoms with Gasteiger partial charge in [0.05, 0.1) is 18.4 Å². The quantitative estimate of drug-likeness (QED) is 0.774. The number of carbonyl (C=O) groups excluding carboxylic acids is 1. The van der Waals surface area contributed by atoms with Crippen LogP contribution in [0, 0.1) is 5.92 Å². The van der Waals surface area contributed by atoms with Crippen molar-refractivity contribution in [3.8, 4) is 0 Å². The van der Waals surface area contributed by atoms with Gasteiger partial charge >= 0.3 is 5.97 Å². The van der Waals surface area contributed by atoms with Crippen LogP contribution in [0.25, 0.3) is 0 Å². The van der Waals surface area contributed by atoms with E-state index in [1.54, 1.807) is 18.2 Å². The fourth-order valence-corrected chi connectivity index (χ4v) is 2.36. The van der Waals surface area contributed by atoms with Crippen LogP contribution in [0.15, 0.2) is 24.3 Å². The lowest BCUT2D eigenvalue weighted by Gasteiger charge is -2.11. The highest BCUT2D eigenvalue weighted by atomic mass is 32.2. The Balaban J connectivity index is 2.79. The van der Waals surface area contributed by atoms with E-state index >= 15 is 0 Å². The average molecular weight is 286 g/mol. The maximum atomic E-state index is 11.7. The van der Waals surface area contributed by atoms with E-state index in [9.17, 15) is 13.2 Å². The number of nitrogens with one attached hydrogen (secondary N) is 2. The van der Waals surface area contributed by atoms with Crippen LogP contribution in [-0.2, 0) is 14.9 Å². The minimum absolute atomic E-state index is 0.206. The molecule has 7 heteroatoms. The molecule has 0 amide bonds. The summed E-state index contributed by atoms with van der Waals surface area (Å²) >= 11 is 0. The third-order valence-electron chi connectivity index (χ3n) is 2.22. The molecule has 2 N–H and O–H groups in total. The topological polar surface area (TPSA) is 84.5 Å². The predicted molar refractivity (Wildman–Crippen MR) is 73.2 cm³/mol. The number of benzene rings is 1. The number of methoxy groups -OCH3 is 1. The van der Waals surface area contributed by atoms with Gasteiger partial charge in [0.2, 0.25) is 0 Å². The zero-order valence-corrected chi connectivity index (χ0v) is 12.0. The second kappa shape index (κ2) is 6.53. The number of esters is 1. The molecule has 0 aliphatic heterocycles. The molecule has 0 aromatic heterocycles. The smallest absolute Gasteiger partial charge is 0.337 e. The fraction of sp³-hybridized carbons (Fsp3) is 0.417. The number of hydrogen-bond donors (Lipinski definition) is 2. The van der Waals surface area contributed by atoms with Crippen molar-refractivity contribution in [2.45, 2.75) is 13.8 Å². The molecule has 1 aromatic carbocycles. The molecule has 0 heterocycles. The molecule has 19 heavy (non-hydrogen) atoms. The van der Waals surface area contributed by atoms with Gasteiger partial charge in [-0.2, -0.15) is 13.1 Å². The molecule has 0 aliphatic rings. The predicted octanol–water partition coefficient (Wildman–Crippen LogP) is 1.38. The first-order chi connectivity index (χ1) is 8.84. The van der Waals surface area contributed by atoms with Crippen LogP contribution in [0.3, 0.4) is 0 Å². The Labute approximate surface area is 113 Å². The second-order valence-electron chi connectivity index (χ2n) is 4.42. The highest BCUT2D eigenvalue weighted by Gasteiger charge is 2.12. The summed E-state index contributed by atoms with van der Waals surface area (Å²) in [5.41, 5.74) is 0.589. The largest absolute Gasteiger partial charge is 0.465 e. The van der Waals surface area contributed by atoms with E-state index in [1.807, 2.05) is 13.8 Å². The van der Waals surface area contributed by atoms with E-state index in [1.165, 1.54) is 13.2 Å². The van der Waals surface area contributed by atoms with E-state index in [2.05, 4.69) is 14.2 Å². The number of hydrogen-bond acceptors (Lipinski definition) is 4. The summed E-state index contributed by atoms with van der Waals surface area (Å²) in [6, 6.07) is 6.10. The number of ether oxygens (including phenoxy) is 1. The van der Waals surface area contributed by atoms with Crippen molar-refractivity contribution >= 4 is 21.9 Å². The molecular formula is C12H18N2O4S. The molecule has 1 aromatic rings. The fourth-order valence-electron chi connectivity index (χ4n) is 1.30. The van der Waals surface area contributed by atoms with Gasteiger partial charge < -0.3 is 4.74 Å². The molecule has 6 nitrogen and oxygen atoms in total. The maximum Gasteiger partial charge on any atom is 0.337 e. The van der Waals surface area contributed by atoms with Crippen LogP contribution >= 0.6 is 0 Å². The van der Waals surface area contributed by atoms with Crippen LogP contribution in [0.2, 0.25) is 0 Å². The Hall–Kier alpha value is -1.60. The lowest BCUT2D eigenvalue weighted by Crippen LogP contribution is -2.32. The van der Waals surface area contributed by atoms with Gasteiger partial charge in [-0.3, -0.25) is 4.72 Å². The molecule has 0 radical (unpaired) electrons. The first kappa shape index (κ1) is 15.5. The molecule has 0 saturated carbocycles. The second-order valence-corrected chi connectivity index (χ2v) is 5.92. The first-order valence-corrected chi connectivity index (χ1v) is 7.28. The van der Waals surface area contributed by atoms with E-state index in [0.29, 0.717) is 12.2 Å². The van der Waals surface area contributed by atoms with Crippen LogP contribution in [0.5, 0.6) is 0 Å². The van der Waals surface area contributed by atoms with Crippen LogP contribution < -0.4 is 9.44 Å². The summed E-state index contributed by atoms with van der Waals surface area (Å²) in [6.45, 7) is 4.15. The standard InChI is InChI=1S/C12H18N2O4S/c1-9(2)8-13-19(16,17)14-11-6-4-5-10(7-11)12(15)18-3/h4-7,9,13-14H,8H2,1-3H3. The Morgan fingerprint density at radius 2 is 2.05 bits per heavy atom. The summed E-state index contributed by atoms with van der Waals surface area (Å²) in [7, 11) is -2.36. The maximum absolute atomic E-state index is 11.7. The van der Waals surface area contributed by atoms with Gasteiger partial charge in [0.25, 0.3) is 10.2 Å². The minimum atomic E-state index is -3.63. The van der Waals surface area contributed by atoms with Crippen molar-refractivity contribution in [2.24, 2.45) is 5.92 Å². The van der Waals surface area contributed by atoms with E-state index in [-0.39, 0.29) is 11.5 Å². The van der Waals surface area contributed by atoms with Crippen molar-refractivity contribution in [2.75, 3.05) is 18.4 Å². The number of rotatable bonds is 6. The lowest BCUT2D eigenvalue weighted by molar-refractivity contribution is 0.0601. The molecule has 0 aliphatic carbocycles. The molecule has 0 spiro atoms. The molecule has 1 rings (SSSR count). The van der Waals surface area contributed by atoms with Crippen molar-refractivity contribution in [1.82, 2.24) is 4.72 Å². The van der Waals surface area contributed by atoms with Crippen LogP contribution in [0.4, 0.5) is 5.69 Å². The highest BCUT2D eigenvalue weighted by Crippen LogP contribution is 2.12. The van der Waals surface area contributed by atoms with Crippen molar-refractivity contribution in [3.05, 3.63) is 29.8 Å². The summed E-state index contributed by atoms with van der Waals surface area (Å²) in [5.74, 6) is -0.311. The van der Waals surface area contributed by atoms with E-state index in [0.717, 1.165) is 0 Å². The molecule has 0 bridgehead atoms. The molecule has 0 atom stereocenters. The Bertz CT molecular complexity index is 540. The molecule has 106 valence electrons. The van der Waals surface area contributed by atoms with Crippen molar-refractivity contribution in [3.63, 3.8) is 0 Å². The normalized spacial score (nSPS) is 11.4. The Kier molecular flexibility index (Phi) is 5.31. The summed E-state index contributed by atoms with van der Waals surface area (Å²) < 4.78 is 32.8. The third-order valence-corrected chi connectivity index (χ3v) is 3.27. The monoisotopic (exact) mass is 286 g/mol. The molecule has 0 saturated heterocycles. The zero-order valence-electron chi connectivity index (χ0n) is 11.1. The third kappa shape index (κ3) is 5.27. The average Bonchev–Trinajstić information content (AvgIpc) is 2.35. The van der Waals surface area contributed by atoms with Gasteiger partial charge in [-0.25, -0.2) is 4.79 Å². The Morgan fingerprint density at radius 1 is 1.37 bits per heavy atom. The SMILES string of the molecule is COC(=O)c1cccc(NS(=O)(=O)NCC(C)C)c1. The van der Waals surface area contributed by atoms with Gasteiger partial charge in [0, 0.05) is 6.54 Å². The van der Waals surface area contributed by atoms with Gasteiger partial charge in [-0.1, -0.05) is 19.9 Å². The van der Waals surface area contributed by atoms with Gasteiger partial charge in [0.1, 0.15) is 0 Å². The molecular weight excluding hydrogens is 268 g/mol. The summed E-state index contributed by atoms with van der Waals surface area (Å²) in [5, 5.41) is 0. The van der Waals surface area contributed by atoms with Crippen LogP contribution in [0.1, 0.15) is 24.2 Å². The van der Waals surface area contributed by atoms with E-state index in [4.69, 9.17) is 0 Å². The zero-order chi connectivity index (χ0) is 14.5. The number of carbonyl (C=O) groups is 1. The minimum Gasteiger partial charge on any atom is -0.465 e.